The molecule has 0 aromatic carbocycles. The number of anilines is 2. The molecule has 0 saturated heterocycles. The molecule has 1 unspecified atom stereocenters. The summed E-state index contributed by atoms with van der Waals surface area (Å²) in [5.41, 5.74) is 6.71. The van der Waals surface area contributed by atoms with Crippen LogP contribution in [0.1, 0.15) is 26.3 Å². The van der Waals surface area contributed by atoms with Gasteiger partial charge in [-0.3, -0.25) is 0 Å². The normalized spacial score (nSPS) is 12.2. The van der Waals surface area contributed by atoms with Gasteiger partial charge in [0.1, 0.15) is 6.07 Å². The molecule has 0 spiro atoms. The average molecular weight is 248 g/mol. The molecule has 1 aromatic rings. The van der Waals surface area contributed by atoms with E-state index in [-0.39, 0.29) is 6.04 Å². The highest BCUT2D eigenvalue weighted by molar-refractivity contribution is 5.69. The SMILES string of the molecule is CCOCC(Nc1nccc(C#N)c1N)C(C)C. The number of aromatic nitrogens is 1. The minimum absolute atomic E-state index is 0.119. The van der Waals surface area contributed by atoms with Crippen molar-refractivity contribution in [2.24, 2.45) is 5.92 Å². The van der Waals surface area contributed by atoms with Crippen molar-refractivity contribution in [3.05, 3.63) is 17.8 Å². The van der Waals surface area contributed by atoms with E-state index in [1.54, 1.807) is 12.3 Å². The third-order valence-electron chi connectivity index (χ3n) is 2.74. The quantitative estimate of drug-likeness (QED) is 0.804. The van der Waals surface area contributed by atoms with Crippen molar-refractivity contribution >= 4 is 11.5 Å². The molecule has 0 aliphatic rings. The Balaban J connectivity index is 2.84. The fourth-order valence-corrected chi connectivity index (χ4v) is 1.51. The lowest BCUT2D eigenvalue weighted by atomic mass is 10.1. The van der Waals surface area contributed by atoms with Gasteiger partial charge in [0.2, 0.25) is 0 Å². The van der Waals surface area contributed by atoms with Crippen molar-refractivity contribution in [1.82, 2.24) is 4.98 Å². The topological polar surface area (TPSA) is 84.0 Å². The first kappa shape index (κ1) is 14.3. The van der Waals surface area contributed by atoms with Crippen LogP contribution in [0, 0.1) is 17.2 Å². The summed E-state index contributed by atoms with van der Waals surface area (Å²) in [7, 11) is 0. The zero-order valence-electron chi connectivity index (χ0n) is 11.1. The highest BCUT2D eigenvalue weighted by atomic mass is 16.5. The van der Waals surface area contributed by atoms with Crippen LogP contribution in [0.4, 0.5) is 11.5 Å². The van der Waals surface area contributed by atoms with Crippen molar-refractivity contribution in [2.45, 2.75) is 26.8 Å². The van der Waals surface area contributed by atoms with Crippen LogP contribution < -0.4 is 11.1 Å². The molecule has 0 radical (unpaired) electrons. The Bertz CT molecular complexity index is 425. The fourth-order valence-electron chi connectivity index (χ4n) is 1.51. The van der Waals surface area contributed by atoms with Crippen LogP contribution in [0.25, 0.3) is 0 Å². The molecular weight excluding hydrogens is 228 g/mol. The van der Waals surface area contributed by atoms with Gasteiger partial charge in [0.05, 0.1) is 23.9 Å². The molecule has 1 aromatic heterocycles. The number of nitrogen functional groups attached to an aromatic ring is 1. The summed E-state index contributed by atoms with van der Waals surface area (Å²) in [6.07, 6.45) is 1.58. The third kappa shape index (κ3) is 3.60. The van der Waals surface area contributed by atoms with E-state index < -0.39 is 0 Å². The minimum atomic E-state index is 0.119. The molecule has 0 aliphatic heterocycles. The van der Waals surface area contributed by atoms with Crippen molar-refractivity contribution in [3.8, 4) is 6.07 Å². The Hall–Kier alpha value is -1.80. The zero-order chi connectivity index (χ0) is 13.5. The van der Waals surface area contributed by atoms with Crippen molar-refractivity contribution in [1.29, 1.82) is 5.26 Å². The van der Waals surface area contributed by atoms with Gasteiger partial charge in [-0.05, 0) is 18.9 Å². The van der Waals surface area contributed by atoms with Gasteiger partial charge in [-0.2, -0.15) is 5.26 Å². The van der Waals surface area contributed by atoms with Crippen LogP contribution in [0.5, 0.6) is 0 Å². The van der Waals surface area contributed by atoms with Crippen LogP contribution in [-0.2, 0) is 4.74 Å². The van der Waals surface area contributed by atoms with Crippen LogP contribution in [0.15, 0.2) is 12.3 Å². The number of ether oxygens (including phenoxy) is 1. The van der Waals surface area contributed by atoms with E-state index in [4.69, 9.17) is 15.7 Å². The van der Waals surface area contributed by atoms with Gasteiger partial charge in [0.15, 0.2) is 5.82 Å². The summed E-state index contributed by atoms with van der Waals surface area (Å²) < 4.78 is 5.43. The molecular formula is C13H20N4O. The molecule has 1 heterocycles. The van der Waals surface area contributed by atoms with Gasteiger partial charge in [0, 0.05) is 12.8 Å². The largest absolute Gasteiger partial charge is 0.395 e. The Morgan fingerprint density at radius 3 is 2.83 bits per heavy atom. The first-order valence-corrected chi connectivity index (χ1v) is 6.09. The first-order chi connectivity index (χ1) is 8.60. The van der Waals surface area contributed by atoms with E-state index in [1.165, 1.54) is 0 Å². The van der Waals surface area contributed by atoms with Crippen molar-refractivity contribution in [3.63, 3.8) is 0 Å². The maximum atomic E-state index is 8.92. The van der Waals surface area contributed by atoms with Gasteiger partial charge >= 0.3 is 0 Å². The number of nitriles is 1. The van der Waals surface area contributed by atoms with E-state index in [9.17, 15) is 0 Å². The first-order valence-electron chi connectivity index (χ1n) is 6.09. The van der Waals surface area contributed by atoms with E-state index >= 15 is 0 Å². The van der Waals surface area contributed by atoms with Gasteiger partial charge in [0.25, 0.3) is 0 Å². The molecule has 1 rings (SSSR count). The molecule has 0 saturated carbocycles. The smallest absolute Gasteiger partial charge is 0.150 e. The van der Waals surface area contributed by atoms with Gasteiger partial charge in [-0.15, -0.1) is 0 Å². The second-order valence-electron chi connectivity index (χ2n) is 4.39. The lowest BCUT2D eigenvalue weighted by Gasteiger charge is -2.23. The molecule has 5 nitrogen and oxygen atoms in total. The van der Waals surface area contributed by atoms with Crippen molar-refractivity contribution < 1.29 is 4.74 Å². The Morgan fingerprint density at radius 2 is 2.28 bits per heavy atom. The molecule has 0 bridgehead atoms. The van der Waals surface area contributed by atoms with Crippen LogP contribution >= 0.6 is 0 Å². The second kappa shape index (κ2) is 6.82. The lowest BCUT2D eigenvalue weighted by molar-refractivity contribution is 0.126. The number of hydrogen-bond acceptors (Lipinski definition) is 5. The Labute approximate surface area is 108 Å². The molecule has 1 atom stereocenters. The fraction of sp³-hybridized carbons (Fsp3) is 0.538. The molecule has 98 valence electrons. The molecule has 5 heteroatoms. The van der Waals surface area contributed by atoms with Crippen molar-refractivity contribution in [2.75, 3.05) is 24.3 Å². The predicted molar refractivity (Wildman–Crippen MR) is 72.1 cm³/mol. The number of nitrogens with one attached hydrogen (secondary N) is 1. The van der Waals surface area contributed by atoms with E-state index in [0.717, 1.165) is 0 Å². The summed E-state index contributed by atoms with van der Waals surface area (Å²) in [6, 6.07) is 3.77. The maximum Gasteiger partial charge on any atom is 0.150 e. The van der Waals surface area contributed by atoms with Gasteiger partial charge < -0.3 is 15.8 Å². The standard InChI is InChI=1S/C13H20N4O/c1-4-18-8-11(9(2)3)17-13-12(15)10(7-14)5-6-16-13/h5-6,9,11H,4,8,15H2,1-3H3,(H,16,17). The van der Waals surface area contributed by atoms with Crippen LogP contribution in [0.3, 0.4) is 0 Å². The molecule has 18 heavy (non-hydrogen) atoms. The highest BCUT2D eigenvalue weighted by Crippen LogP contribution is 2.21. The van der Waals surface area contributed by atoms with E-state index in [1.807, 2.05) is 13.0 Å². The highest BCUT2D eigenvalue weighted by Gasteiger charge is 2.16. The summed E-state index contributed by atoms with van der Waals surface area (Å²) >= 11 is 0. The number of rotatable bonds is 6. The van der Waals surface area contributed by atoms with E-state index in [2.05, 4.69) is 24.1 Å². The molecule has 0 fully saturated rings. The molecule has 3 N–H and O–H groups in total. The summed E-state index contributed by atoms with van der Waals surface area (Å²) in [4.78, 5) is 4.17. The number of hydrogen-bond donors (Lipinski definition) is 2. The van der Waals surface area contributed by atoms with Crippen LogP contribution in [0.2, 0.25) is 0 Å². The second-order valence-corrected chi connectivity index (χ2v) is 4.39. The Kier molecular flexibility index (Phi) is 5.40. The number of pyridine rings is 1. The predicted octanol–water partition coefficient (Wildman–Crippen LogP) is 2.01. The lowest BCUT2D eigenvalue weighted by Crippen LogP contribution is -2.31. The summed E-state index contributed by atoms with van der Waals surface area (Å²) in [5, 5.41) is 12.2. The minimum Gasteiger partial charge on any atom is -0.395 e. The molecule has 0 amide bonds. The third-order valence-corrected chi connectivity index (χ3v) is 2.74. The van der Waals surface area contributed by atoms with Gasteiger partial charge in [-0.25, -0.2) is 4.98 Å². The van der Waals surface area contributed by atoms with Crippen LogP contribution in [-0.4, -0.2) is 24.2 Å². The zero-order valence-corrected chi connectivity index (χ0v) is 11.1. The number of nitrogens with zero attached hydrogens (tertiary/aromatic N) is 2. The number of nitrogens with two attached hydrogens (primary N) is 1. The summed E-state index contributed by atoms with van der Waals surface area (Å²) in [5.74, 6) is 0.927. The van der Waals surface area contributed by atoms with E-state index in [0.29, 0.717) is 36.2 Å². The maximum absolute atomic E-state index is 8.92. The average Bonchev–Trinajstić information content (AvgIpc) is 2.36. The Morgan fingerprint density at radius 1 is 1.56 bits per heavy atom. The molecule has 0 aliphatic carbocycles. The van der Waals surface area contributed by atoms with Gasteiger partial charge in [-0.1, -0.05) is 13.8 Å². The monoisotopic (exact) mass is 248 g/mol. The summed E-state index contributed by atoms with van der Waals surface area (Å²) in [6.45, 7) is 7.42.